The van der Waals surface area contributed by atoms with Gasteiger partial charge in [-0.15, -0.1) is 0 Å². The van der Waals surface area contributed by atoms with Crippen LogP contribution in [0, 0.1) is 5.92 Å². The molecule has 0 aromatic carbocycles. The molecule has 0 amide bonds. The normalized spacial score (nSPS) is 10.7. The topological polar surface area (TPSA) is 35.0 Å². The van der Waals surface area contributed by atoms with Crippen molar-refractivity contribution in [3.63, 3.8) is 0 Å². The summed E-state index contributed by atoms with van der Waals surface area (Å²) in [7, 11) is 0. The van der Waals surface area contributed by atoms with Gasteiger partial charge in [0, 0.05) is 6.42 Å². The van der Waals surface area contributed by atoms with Crippen molar-refractivity contribution >= 4 is 0 Å². The third-order valence-corrected chi connectivity index (χ3v) is 2.12. The zero-order valence-electron chi connectivity index (χ0n) is 9.86. The number of hydrogen-bond acceptors (Lipinski definition) is 3. The molecule has 84 valence electrons. The van der Waals surface area contributed by atoms with E-state index in [0.717, 1.165) is 37.4 Å². The van der Waals surface area contributed by atoms with Crippen LogP contribution >= 0.6 is 0 Å². The maximum absolute atomic E-state index is 5.52. The highest BCUT2D eigenvalue weighted by Crippen LogP contribution is 2.09. The van der Waals surface area contributed by atoms with E-state index in [9.17, 15) is 0 Å². The Kier molecular flexibility index (Phi) is 5.08. The zero-order valence-corrected chi connectivity index (χ0v) is 9.86. The molecule has 1 aromatic rings. The lowest BCUT2D eigenvalue weighted by molar-refractivity contribution is 0.287. The van der Waals surface area contributed by atoms with Gasteiger partial charge in [0.1, 0.15) is 5.82 Å². The lowest BCUT2D eigenvalue weighted by atomic mass is 10.1. The molecule has 3 heteroatoms. The smallest absolute Gasteiger partial charge is 0.155 e. The third-order valence-electron chi connectivity index (χ3n) is 2.12. The van der Waals surface area contributed by atoms with Gasteiger partial charge in [0.2, 0.25) is 0 Å². The molecular weight excluding hydrogens is 188 g/mol. The summed E-state index contributed by atoms with van der Waals surface area (Å²) >= 11 is 0. The Hall–Kier alpha value is -1.12. The predicted molar refractivity (Wildman–Crippen MR) is 61.0 cm³/mol. The fraction of sp³-hybridized carbons (Fsp3) is 0.667. The summed E-state index contributed by atoms with van der Waals surface area (Å²) in [4.78, 5) is 8.46. The zero-order chi connectivity index (χ0) is 11.1. The Bertz CT molecular complexity index is 269. The van der Waals surface area contributed by atoms with E-state index in [1.807, 2.05) is 0 Å². The van der Waals surface area contributed by atoms with Gasteiger partial charge in [0.05, 0.1) is 19.0 Å². The molecule has 0 spiro atoms. The minimum absolute atomic E-state index is 0.672. The Morgan fingerprint density at radius 2 is 1.93 bits per heavy atom. The van der Waals surface area contributed by atoms with Gasteiger partial charge in [-0.1, -0.05) is 20.8 Å². The predicted octanol–water partition coefficient (Wildman–Crippen LogP) is 2.85. The molecule has 1 heterocycles. The van der Waals surface area contributed by atoms with Gasteiger partial charge in [0.25, 0.3) is 0 Å². The average molecular weight is 208 g/mol. The molecule has 0 unspecified atom stereocenters. The molecule has 0 aliphatic carbocycles. The number of rotatable bonds is 6. The minimum atomic E-state index is 0.672. The van der Waals surface area contributed by atoms with Crippen LogP contribution in [0.2, 0.25) is 0 Å². The van der Waals surface area contributed by atoms with Crippen LogP contribution in [0.1, 0.15) is 39.4 Å². The Labute approximate surface area is 91.9 Å². The lowest BCUT2D eigenvalue weighted by Gasteiger charge is -2.07. The van der Waals surface area contributed by atoms with Gasteiger partial charge >= 0.3 is 0 Å². The molecule has 0 bridgehead atoms. The van der Waals surface area contributed by atoms with Crippen molar-refractivity contribution in [2.24, 2.45) is 5.92 Å². The Morgan fingerprint density at radius 3 is 2.47 bits per heavy atom. The SMILES string of the molecule is CCCc1ncc(OCCC(C)C)cn1. The van der Waals surface area contributed by atoms with E-state index in [1.54, 1.807) is 12.4 Å². The van der Waals surface area contributed by atoms with Crippen LogP contribution in [-0.2, 0) is 6.42 Å². The van der Waals surface area contributed by atoms with Crippen molar-refractivity contribution in [1.29, 1.82) is 0 Å². The third kappa shape index (κ3) is 4.77. The van der Waals surface area contributed by atoms with E-state index in [0.29, 0.717) is 5.92 Å². The number of aromatic nitrogens is 2. The molecule has 0 saturated carbocycles. The van der Waals surface area contributed by atoms with E-state index in [-0.39, 0.29) is 0 Å². The van der Waals surface area contributed by atoms with Crippen molar-refractivity contribution in [1.82, 2.24) is 9.97 Å². The van der Waals surface area contributed by atoms with Crippen LogP contribution in [0.5, 0.6) is 5.75 Å². The second kappa shape index (κ2) is 6.38. The fourth-order valence-electron chi connectivity index (χ4n) is 1.18. The summed E-state index contributed by atoms with van der Waals surface area (Å²) in [5.74, 6) is 2.34. The highest BCUT2D eigenvalue weighted by atomic mass is 16.5. The quantitative estimate of drug-likeness (QED) is 0.721. The van der Waals surface area contributed by atoms with Crippen molar-refractivity contribution < 1.29 is 4.74 Å². The minimum Gasteiger partial charge on any atom is -0.490 e. The summed E-state index contributed by atoms with van der Waals surface area (Å²) < 4.78 is 5.52. The van der Waals surface area contributed by atoms with Gasteiger partial charge < -0.3 is 4.74 Å². The van der Waals surface area contributed by atoms with E-state index in [4.69, 9.17) is 4.74 Å². The van der Waals surface area contributed by atoms with Crippen LogP contribution in [0.4, 0.5) is 0 Å². The van der Waals surface area contributed by atoms with Crippen LogP contribution in [0.15, 0.2) is 12.4 Å². The highest BCUT2D eigenvalue weighted by Gasteiger charge is 1.99. The molecule has 0 N–H and O–H groups in total. The van der Waals surface area contributed by atoms with Gasteiger partial charge in [-0.05, 0) is 18.8 Å². The maximum atomic E-state index is 5.52. The van der Waals surface area contributed by atoms with Crippen molar-refractivity contribution in [3.05, 3.63) is 18.2 Å². The first-order valence-electron chi connectivity index (χ1n) is 5.66. The molecule has 1 aromatic heterocycles. The first kappa shape index (κ1) is 12.0. The molecule has 0 atom stereocenters. The number of aryl methyl sites for hydroxylation is 1. The van der Waals surface area contributed by atoms with Gasteiger partial charge in [-0.25, -0.2) is 9.97 Å². The molecule has 0 saturated heterocycles. The summed E-state index contributed by atoms with van der Waals surface area (Å²) in [6, 6.07) is 0. The molecule has 3 nitrogen and oxygen atoms in total. The van der Waals surface area contributed by atoms with E-state index < -0.39 is 0 Å². The monoisotopic (exact) mass is 208 g/mol. The van der Waals surface area contributed by atoms with E-state index in [1.165, 1.54) is 0 Å². The summed E-state index contributed by atoms with van der Waals surface area (Å²) in [6.07, 6.45) is 6.60. The van der Waals surface area contributed by atoms with Crippen LogP contribution < -0.4 is 4.74 Å². The van der Waals surface area contributed by atoms with Crippen LogP contribution in [0.3, 0.4) is 0 Å². The second-order valence-electron chi connectivity index (χ2n) is 4.12. The van der Waals surface area contributed by atoms with Crippen molar-refractivity contribution in [3.8, 4) is 5.75 Å². The number of hydrogen-bond donors (Lipinski definition) is 0. The molecule has 0 fully saturated rings. The molecule has 15 heavy (non-hydrogen) atoms. The molecule has 0 aliphatic heterocycles. The molecule has 0 aliphatic rings. The summed E-state index contributed by atoms with van der Waals surface area (Å²) in [5, 5.41) is 0. The summed E-state index contributed by atoms with van der Waals surface area (Å²) in [5.41, 5.74) is 0. The van der Waals surface area contributed by atoms with Crippen LogP contribution in [-0.4, -0.2) is 16.6 Å². The fourth-order valence-corrected chi connectivity index (χ4v) is 1.18. The van der Waals surface area contributed by atoms with Gasteiger partial charge in [-0.3, -0.25) is 0 Å². The second-order valence-corrected chi connectivity index (χ2v) is 4.12. The Balaban J connectivity index is 2.36. The van der Waals surface area contributed by atoms with Crippen LogP contribution in [0.25, 0.3) is 0 Å². The lowest BCUT2D eigenvalue weighted by Crippen LogP contribution is -2.03. The molecule has 1 rings (SSSR count). The molecular formula is C12H20N2O. The Morgan fingerprint density at radius 1 is 1.27 bits per heavy atom. The van der Waals surface area contributed by atoms with Crippen molar-refractivity contribution in [2.75, 3.05) is 6.61 Å². The number of ether oxygens (including phenoxy) is 1. The van der Waals surface area contributed by atoms with Crippen molar-refractivity contribution in [2.45, 2.75) is 40.0 Å². The largest absolute Gasteiger partial charge is 0.490 e. The average Bonchev–Trinajstić information content (AvgIpc) is 2.20. The highest BCUT2D eigenvalue weighted by molar-refractivity contribution is 5.12. The maximum Gasteiger partial charge on any atom is 0.155 e. The standard InChI is InChI=1S/C12H20N2O/c1-4-5-12-13-8-11(9-14-12)15-7-6-10(2)3/h8-10H,4-7H2,1-3H3. The van der Waals surface area contributed by atoms with Gasteiger partial charge in [-0.2, -0.15) is 0 Å². The first-order valence-corrected chi connectivity index (χ1v) is 5.66. The number of nitrogens with zero attached hydrogens (tertiary/aromatic N) is 2. The molecule has 0 radical (unpaired) electrons. The van der Waals surface area contributed by atoms with E-state index in [2.05, 4.69) is 30.7 Å². The van der Waals surface area contributed by atoms with Gasteiger partial charge in [0.15, 0.2) is 5.75 Å². The summed E-state index contributed by atoms with van der Waals surface area (Å²) in [6.45, 7) is 7.24. The van der Waals surface area contributed by atoms with E-state index >= 15 is 0 Å². The first-order chi connectivity index (χ1) is 7.22.